The molecule has 0 bridgehead atoms. The van der Waals surface area contributed by atoms with Gasteiger partial charge < -0.3 is 9.30 Å². The van der Waals surface area contributed by atoms with Gasteiger partial charge >= 0.3 is 0 Å². The summed E-state index contributed by atoms with van der Waals surface area (Å²) in [6.07, 6.45) is 5.00. The zero-order valence-electron chi connectivity index (χ0n) is 11.1. The average molecular weight is 249 g/mol. The summed E-state index contributed by atoms with van der Waals surface area (Å²) in [5.41, 5.74) is 2.11. The Balaban J connectivity index is 2.38. The molecule has 98 valence electrons. The molecule has 0 N–H and O–H groups in total. The van der Waals surface area contributed by atoms with Crippen LogP contribution in [0.3, 0.4) is 0 Å². The molecule has 0 radical (unpaired) electrons. The number of nitrogens with zero attached hydrogens (tertiary/aromatic N) is 1. The Hall–Kier alpha value is -1.35. The summed E-state index contributed by atoms with van der Waals surface area (Å²) in [6, 6.07) is 5.31. The van der Waals surface area contributed by atoms with Crippen molar-refractivity contribution in [1.82, 2.24) is 4.57 Å². The summed E-state index contributed by atoms with van der Waals surface area (Å²) < 4.78 is 21.1. The summed E-state index contributed by atoms with van der Waals surface area (Å²) in [4.78, 5) is 0. The van der Waals surface area contributed by atoms with Gasteiger partial charge in [-0.3, -0.25) is 0 Å². The van der Waals surface area contributed by atoms with Crippen LogP contribution in [0.4, 0.5) is 4.39 Å². The summed E-state index contributed by atoms with van der Waals surface area (Å²) >= 11 is 0. The second-order valence-electron chi connectivity index (χ2n) is 4.58. The molecule has 0 fully saturated rings. The molecular formula is C15H20FNO. The fourth-order valence-corrected chi connectivity index (χ4v) is 2.42. The number of methoxy groups -OCH3 is 1. The van der Waals surface area contributed by atoms with Crippen LogP contribution in [-0.4, -0.2) is 18.3 Å². The molecule has 0 aliphatic carbocycles. The van der Waals surface area contributed by atoms with Crippen molar-refractivity contribution >= 4 is 10.9 Å². The van der Waals surface area contributed by atoms with Crippen LogP contribution in [0, 0.1) is 5.82 Å². The maximum Gasteiger partial charge on any atom is 0.132 e. The van der Waals surface area contributed by atoms with Crippen molar-refractivity contribution in [3.05, 3.63) is 35.8 Å². The zero-order chi connectivity index (χ0) is 13.0. The van der Waals surface area contributed by atoms with Crippen LogP contribution in [-0.2, 0) is 17.7 Å². The topological polar surface area (TPSA) is 14.2 Å². The fraction of sp³-hybridized carbons (Fsp3) is 0.467. The Kier molecular flexibility index (Phi) is 4.37. The van der Waals surface area contributed by atoms with E-state index in [9.17, 15) is 4.39 Å². The predicted octanol–water partition coefficient (Wildman–Crippen LogP) is 3.77. The molecule has 1 aromatic carbocycles. The van der Waals surface area contributed by atoms with E-state index in [-0.39, 0.29) is 5.82 Å². The normalized spacial score (nSPS) is 11.3. The van der Waals surface area contributed by atoms with E-state index in [4.69, 9.17) is 4.74 Å². The van der Waals surface area contributed by atoms with Crippen LogP contribution in [0.15, 0.2) is 24.4 Å². The Morgan fingerprint density at radius 3 is 2.89 bits per heavy atom. The van der Waals surface area contributed by atoms with Crippen molar-refractivity contribution in [2.75, 3.05) is 13.7 Å². The minimum atomic E-state index is -0.110. The minimum Gasteiger partial charge on any atom is -0.385 e. The Labute approximate surface area is 107 Å². The number of fused-ring (bicyclic) bond motifs is 1. The van der Waals surface area contributed by atoms with E-state index >= 15 is 0 Å². The molecule has 0 amide bonds. The molecule has 0 saturated carbocycles. The monoisotopic (exact) mass is 249 g/mol. The Morgan fingerprint density at radius 2 is 2.17 bits per heavy atom. The van der Waals surface area contributed by atoms with E-state index in [2.05, 4.69) is 17.7 Å². The average Bonchev–Trinajstić information content (AvgIpc) is 2.70. The molecule has 2 rings (SSSR count). The van der Waals surface area contributed by atoms with Crippen LogP contribution in [0.5, 0.6) is 0 Å². The second kappa shape index (κ2) is 6.01. The summed E-state index contributed by atoms with van der Waals surface area (Å²) in [5.74, 6) is -0.110. The highest BCUT2D eigenvalue weighted by molar-refractivity contribution is 5.84. The van der Waals surface area contributed by atoms with Crippen LogP contribution >= 0.6 is 0 Å². The molecular weight excluding hydrogens is 229 g/mol. The first-order valence-corrected chi connectivity index (χ1v) is 6.53. The molecule has 2 nitrogen and oxygen atoms in total. The minimum absolute atomic E-state index is 0.110. The summed E-state index contributed by atoms with van der Waals surface area (Å²) in [7, 11) is 1.70. The third-order valence-electron chi connectivity index (χ3n) is 3.20. The van der Waals surface area contributed by atoms with Gasteiger partial charge in [0.2, 0.25) is 0 Å². The fourth-order valence-electron chi connectivity index (χ4n) is 2.42. The van der Waals surface area contributed by atoms with Gasteiger partial charge in [-0.15, -0.1) is 0 Å². The molecule has 0 saturated heterocycles. The van der Waals surface area contributed by atoms with Crippen LogP contribution in [0.1, 0.15) is 25.3 Å². The molecule has 18 heavy (non-hydrogen) atoms. The van der Waals surface area contributed by atoms with E-state index < -0.39 is 0 Å². The van der Waals surface area contributed by atoms with Crippen molar-refractivity contribution in [3.8, 4) is 0 Å². The number of ether oxygens (including phenoxy) is 1. The van der Waals surface area contributed by atoms with E-state index in [0.29, 0.717) is 0 Å². The first-order valence-electron chi connectivity index (χ1n) is 6.53. The van der Waals surface area contributed by atoms with Gasteiger partial charge in [0.25, 0.3) is 0 Å². The standard InChI is InChI=1S/C15H20FNO/c1-3-6-12-11-17(9-5-10-18-2)14-8-4-7-13(16)15(12)14/h4,7-8,11H,3,5-6,9-10H2,1-2H3. The lowest BCUT2D eigenvalue weighted by molar-refractivity contribution is 0.190. The van der Waals surface area contributed by atoms with Crippen LogP contribution < -0.4 is 0 Å². The maximum atomic E-state index is 13.9. The van der Waals surface area contributed by atoms with E-state index in [0.717, 1.165) is 48.9 Å². The van der Waals surface area contributed by atoms with E-state index in [1.807, 2.05) is 6.07 Å². The SMILES string of the molecule is CCCc1cn(CCCOC)c2cccc(F)c12. The van der Waals surface area contributed by atoms with Crippen LogP contribution in [0.2, 0.25) is 0 Å². The smallest absolute Gasteiger partial charge is 0.132 e. The zero-order valence-corrected chi connectivity index (χ0v) is 11.1. The highest BCUT2D eigenvalue weighted by atomic mass is 19.1. The lowest BCUT2D eigenvalue weighted by Crippen LogP contribution is -1.99. The summed E-state index contributed by atoms with van der Waals surface area (Å²) in [6.45, 7) is 3.73. The van der Waals surface area contributed by atoms with Gasteiger partial charge in [-0.2, -0.15) is 0 Å². The van der Waals surface area contributed by atoms with E-state index in [1.54, 1.807) is 19.2 Å². The van der Waals surface area contributed by atoms with Gasteiger partial charge in [0.1, 0.15) is 5.82 Å². The second-order valence-corrected chi connectivity index (χ2v) is 4.58. The quantitative estimate of drug-likeness (QED) is 0.711. The number of halogens is 1. The first kappa shape index (κ1) is 13.1. The summed E-state index contributed by atoms with van der Waals surface area (Å²) in [5, 5.41) is 0.789. The third kappa shape index (κ3) is 2.56. The molecule has 1 aromatic heterocycles. The lowest BCUT2D eigenvalue weighted by Gasteiger charge is -2.04. The predicted molar refractivity (Wildman–Crippen MR) is 72.4 cm³/mol. The van der Waals surface area contributed by atoms with Gasteiger partial charge in [0, 0.05) is 31.8 Å². The van der Waals surface area contributed by atoms with Gasteiger partial charge in [-0.1, -0.05) is 19.4 Å². The molecule has 3 heteroatoms. The van der Waals surface area contributed by atoms with Crippen molar-refractivity contribution in [1.29, 1.82) is 0 Å². The number of aromatic nitrogens is 1. The van der Waals surface area contributed by atoms with Gasteiger partial charge in [0.15, 0.2) is 0 Å². The van der Waals surface area contributed by atoms with E-state index in [1.165, 1.54) is 0 Å². The lowest BCUT2D eigenvalue weighted by atomic mass is 10.1. The van der Waals surface area contributed by atoms with Gasteiger partial charge in [-0.05, 0) is 30.5 Å². The molecule has 1 heterocycles. The molecule has 0 aliphatic heterocycles. The highest BCUT2D eigenvalue weighted by Crippen LogP contribution is 2.25. The third-order valence-corrected chi connectivity index (χ3v) is 3.20. The number of benzene rings is 1. The number of aryl methyl sites for hydroxylation is 2. The van der Waals surface area contributed by atoms with Gasteiger partial charge in [-0.25, -0.2) is 4.39 Å². The largest absolute Gasteiger partial charge is 0.385 e. The molecule has 0 aliphatic rings. The first-order chi connectivity index (χ1) is 8.77. The maximum absolute atomic E-state index is 13.9. The number of rotatable bonds is 6. The van der Waals surface area contributed by atoms with Crippen molar-refractivity contribution in [3.63, 3.8) is 0 Å². The van der Waals surface area contributed by atoms with Crippen molar-refractivity contribution < 1.29 is 9.13 Å². The highest BCUT2D eigenvalue weighted by Gasteiger charge is 2.11. The molecule has 0 spiro atoms. The molecule has 0 atom stereocenters. The molecule has 0 unspecified atom stereocenters. The number of hydrogen-bond acceptors (Lipinski definition) is 1. The molecule has 2 aromatic rings. The van der Waals surface area contributed by atoms with Crippen molar-refractivity contribution in [2.24, 2.45) is 0 Å². The van der Waals surface area contributed by atoms with Crippen LogP contribution in [0.25, 0.3) is 10.9 Å². The Morgan fingerprint density at radius 1 is 1.33 bits per heavy atom. The van der Waals surface area contributed by atoms with Crippen molar-refractivity contribution in [2.45, 2.75) is 32.7 Å². The number of hydrogen-bond donors (Lipinski definition) is 0. The Bertz CT molecular complexity index is 518. The van der Waals surface area contributed by atoms with Gasteiger partial charge in [0.05, 0.1) is 5.52 Å².